The molecule has 5 heterocycles. The van der Waals surface area contributed by atoms with Gasteiger partial charge < -0.3 is 14.6 Å². The first-order valence-corrected chi connectivity index (χ1v) is 12.9. The molecule has 170 valence electrons. The number of nitrogens with one attached hydrogen (secondary N) is 1. The molecular weight excluding hydrogens is 448 g/mol. The van der Waals surface area contributed by atoms with Gasteiger partial charge in [0.25, 0.3) is 16.0 Å². The number of amides is 1. The highest BCUT2D eigenvalue weighted by molar-refractivity contribution is 7.85. The van der Waals surface area contributed by atoms with Crippen LogP contribution in [0.5, 0.6) is 0 Å². The van der Waals surface area contributed by atoms with Crippen molar-refractivity contribution in [2.45, 2.75) is 30.7 Å². The Bertz CT molecular complexity index is 1150. The van der Waals surface area contributed by atoms with Gasteiger partial charge in [-0.25, -0.2) is 0 Å². The fourth-order valence-electron chi connectivity index (χ4n) is 4.10. The van der Waals surface area contributed by atoms with Gasteiger partial charge in [-0.1, -0.05) is 17.7 Å². The Morgan fingerprint density at radius 1 is 1.12 bits per heavy atom. The van der Waals surface area contributed by atoms with E-state index in [4.69, 9.17) is 8.97 Å². The Morgan fingerprint density at radius 2 is 1.84 bits per heavy atom. The molecule has 1 atom stereocenters. The van der Waals surface area contributed by atoms with Crippen LogP contribution in [-0.2, 0) is 10.1 Å². The third-order valence-corrected chi connectivity index (χ3v) is 7.48. The quantitative estimate of drug-likeness (QED) is 0.553. The molecule has 0 saturated carbocycles. The van der Waals surface area contributed by atoms with Crippen molar-refractivity contribution in [2.75, 3.05) is 19.6 Å². The molecule has 2 bridgehead atoms. The maximum atomic E-state index is 12.4. The first-order valence-electron chi connectivity index (χ1n) is 10.5. The predicted octanol–water partition coefficient (Wildman–Crippen LogP) is 4.07. The molecular formula is C23H26N2O5S2. The first kappa shape index (κ1) is 22.7. The third kappa shape index (κ3) is 5.47. The summed E-state index contributed by atoms with van der Waals surface area (Å²) in [7, 11) is -4.02. The minimum Gasteiger partial charge on any atom is -0.451 e. The van der Waals surface area contributed by atoms with Crippen molar-refractivity contribution >= 4 is 27.4 Å². The van der Waals surface area contributed by atoms with Crippen molar-refractivity contribution in [1.29, 1.82) is 0 Å². The molecule has 1 aromatic carbocycles. The Kier molecular flexibility index (Phi) is 6.80. The standard InChI is InChI=1S/C16H18N2O2S.C7H8O3S/c19-16(17-13-9-18-6-3-11(13)4-7-18)15-2-1-14(20-15)12-5-8-21-10-12;1-6-2-4-7(5-3-6)11(8,9)10/h1-2,5,8,10-11,13H,3-4,6-7,9H2,(H,17,19);2-5H,1H3,(H,8,9,10)/t13-;/m0./s1. The topological polar surface area (TPSA) is 99.8 Å². The summed E-state index contributed by atoms with van der Waals surface area (Å²) in [6.45, 7) is 5.18. The van der Waals surface area contributed by atoms with E-state index in [1.54, 1.807) is 29.5 Å². The SMILES string of the molecule is Cc1ccc(S(=O)(=O)O)cc1.O=C(N[C@H]1CN2CCC1CC2)c1ccc(-c2ccsc2)o1. The highest BCUT2D eigenvalue weighted by atomic mass is 32.2. The molecule has 3 aromatic rings. The fourth-order valence-corrected chi connectivity index (χ4v) is 5.22. The highest BCUT2D eigenvalue weighted by Gasteiger charge is 2.35. The van der Waals surface area contributed by atoms with E-state index in [1.165, 1.54) is 38.1 Å². The van der Waals surface area contributed by atoms with Crippen LogP contribution in [0.1, 0.15) is 29.0 Å². The third-order valence-electron chi connectivity index (χ3n) is 5.93. The van der Waals surface area contributed by atoms with E-state index in [9.17, 15) is 13.2 Å². The number of hydrogen-bond acceptors (Lipinski definition) is 6. The van der Waals surface area contributed by atoms with Gasteiger partial charge in [0.05, 0.1) is 4.90 Å². The molecule has 9 heteroatoms. The second kappa shape index (κ2) is 9.58. The van der Waals surface area contributed by atoms with Gasteiger partial charge >= 0.3 is 0 Å². The molecule has 3 saturated heterocycles. The normalized spacial score (nSPS) is 22.1. The second-order valence-corrected chi connectivity index (χ2v) is 10.4. The number of hydrogen-bond donors (Lipinski definition) is 2. The molecule has 0 spiro atoms. The molecule has 0 radical (unpaired) electrons. The van der Waals surface area contributed by atoms with E-state index in [0.717, 1.165) is 23.4 Å². The van der Waals surface area contributed by atoms with Gasteiger partial charge in [-0.3, -0.25) is 9.35 Å². The molecule has 1 amide bonds. The number of nitrogens with zero attached hydrogens (tertiary/aromatic N) is 1. The summed E-state index contributed by atoms with van der Waals surface area (Å²) in [5, 5.41) is 7.18. The van der Waals surface area contributed by atoms with Gasteiger partial charge in [0.15, 0.2) is 5.76 Å². The van der Waals surface area contributed by atoms with Gasteiger partial charge in [0.1, 0.15) is 5.76 Å². The largest absolute Gasteiger partial charge is 0.451 e. The fraction of sp³-hybridized carbons (Fsp3) is 0.348. The number of furan rings is 1. The molecule has 3 aliphatic rings. The summed E-state index contributed by atoms with van der Waals surface area (Å²) in [5.74, 6) is 1.71. The van der Waals surface area contributed by atoms with Crippen LogP contribution in [0.15, 0.2) is 62.5 Å². The van der Waals surface area contributed by atoms with Crippen LogP contribution in [-0.4, -0.2) is 49.5 Å². The van der Waals surface area contributed by atoms with E-state index in [0.29, 0.717) is 11.7 Å². The van der Waals surface area contributed by atoms with Crippen LogP contribution in [0, 0.1) is 12.8 Å². The number of carbonyl (C=O) groups excluding carboxylic acids is 1. The number of benzene rings is 1. The zero-order valence-corrected chi connectivity index (χ0v) is 19.4. The first-order chi connectivity index (χ1) is 15.3. The lowest BCUT2D eigenvalue weighted by Gasteiger charge is -2.44. The molecule has 6 rings (SSSR count). The summed E-state index contributed by atoms with van der Waals surface area (Å²) >= 11 is 1.62. The van der Waals surface area contributed by atoms with Crippen LogP contribution in [0.4, 0.5) is 0 Å². The Balaban J connectivity index is 0.000000189. The smallest absolute Gasteiger partial charge is 0.294 e. The number of thiophene rings is 1. The Labute approximate surface area is 191 Å². The van der Waals surface area contributed by atoms with Crippen LogP contribution < -0.4 is 5.32 Å². The van der Waals surface area contributed by atoms with Crippen molar-refractivity contribution in [3.05, 3.63) is 64.5 Å². The Morgan fingerprint density at radius 3 is 2.41 bits per heavy atom. The molecule has 0 aliphatic carbocycles. The van der Waals surface area contributed by atoms with Gasteiger partial charge in [0.2, 0.25) is 0 Å². The molecule has 3 aliphatic heterocycles. The molecule has 3 fully saturated rings. The summed E-state index contributed by atoms with van der Waals surface area (Å²) in [5.41, 5.74) is 1.99. The lowest BCUT2D eigenvalue weighted by atomic mass is 9.84. The van der Waals surface area contributed by atoms with E-state index in [2.05, 4.69) is 10.2 Å². The average Bonchev–Trinajstić information content (AvgIpc) is 3.47. The number of rotatable bonds is 4. The van der Waals surface area contributed by atoms with Gasteiger partial charge in [0, 0.05) is 23.5 Å². The summed E-state index contributed by atoms with van der Waals surface area (Å²) in [6, 6.07) is 11.9. The summed E-state index contributed by atoms with van der Waals surface area (Å²) in [6.07, 6.45) is 2.40. The molecule has 2 aromatic heterocycles. The van der Waals surface area contributed by atoms with E-state index >= 15 is 0 Å². The van der Waals surface area contributed by atoms with Crippen LogP contribution in [0.3, 0.4) is 0 Å². The summed E-state index contributed by atoms with van der Waals surface area (Å²) in [4.78, 5) is 14.7. The van der Waals surface area contributed by atoms with Crippen molar-refractivity contribution in [3.63, 3.8) is 0 Å². The average molecular weight is 475 g/mol. The summed E-state index contributed by atoms with van der Waals surface area (Å²) < 4.78 is 35.2. The minimum absolute atomic E-state index is 0.0666. The number of carbonyl (C=O) groups is 1. The highest BCUT2D eigenvalue weighted by Crippen LogP contribution is 2.28. The number of piperidine rings is 3. The molecule has 2 N–H and O–H groups in total. The number of fused-ring (bicyclic) bond motifs is 3. The van der Waals surface area contributed by atoms with E-state index < -0.39 is 10.1 Å². The molecule has 0 unspecified atom stereocenters. The van der Waals surface area contributed by atoms with Gasteiger partial charge in [-0.05, 0) is 74.5 Å². The maximum Gasteiger partial charge on any atom is 0.294 e. The maximum absolute atomic E-state index is 12.4. The zero-order valence-electron chi connectivity index (χ0n) is 17.7. The monoisotopic (exact) mass is 474 g/mol. The minimum atomic E-state index is -4.02. The lowest BCUT2D eigenvalue weighted by molar-refractivity contribution is 0.0606. The predicted molar refractivity (Wildman–Crippen MR) is 123 cm³/mol. The van der Waals surface area contributed by atoms with Gasteiger partial charge in [-0.2, -0.15) is 19.8 Å². The van der Waals surface area contributed by atoms with Crippen molar-refractivity contribution in [1.82, 2.24) is 10.2 Å². The molecule has 7 nitrogen and oxygen atoms in total. The molecule has 32 heavy (non-hydrogen) atoms. The zero-order chi connectivity index (χ0) is 22.7. The van der Waals surface area contributed by atoms with Crippen molar-refractivity contribution < 1.29 is 22.2 Å². The lowest BCUT2D eigenvalue weighted by Crippen LogP contribution is -2.57. The van der Waals surface area contributed by atoms with Crippen LogP contribution >= 0.6 is 11.3 Å². The van der Waals surface area contributed by atoms with Gasteiger partial charge in [-0.15, -0.1) is 0 Å². The van der Waals surface area contributed by atoms with Crippen LogP contribution in [0.2, 0.25) is 0 Å². The van der Waals surface area contributed by atoms with E-state index in [1.807, 2.05) is 29.8 Å². The van der Waals surface area contributed by atoms with Crippen molar-refractivity contribution in [3.8, 4) is 11.3 Å². The number of aryl methyl sites for hydroxylation is 1. The van der Waals surface area contributed by atoms with Crippen molar-refractivity contribution in [2.24, 2.45) is 5.92 Å². The Hall–Kier alpha value is -2.46. The second-order valence-electron chi connectivity index (χ2n) is 8.18. The van der Waals surface area contributed by atoms with Crippen LogP contribution in [0.25, 0.3) is 11.3 Å². The van der Waals surface area contributed by atoms with E-state index in [-0.39, 0.29) is 16.8 Å².